The van der Waals surface area contributed by atoms with E-state index >= 15 is 0 Å². The highest BCUT2D eigenvalue weighted by Gasteiger charge is 2.12. The zero-order valence-electron chi connectivity index (χ0n) is 18.3. The Bertz CT molecular complexity index is 1050. The van der Waals surface area contributed by atoms with E-state index < -0.39 is 5.97 Å². The van der Waals surface area contributed by atoms with Gasteiger partial charge in [-0.1, -0.05) is 36.9 Å². The van der Waals surface area contributed by atoms with Crippen molar-refractivity contribution in [2.24, 2.45) is 0 Å². The molecule has 1 amide bonds. The largest absolute Gasteiger partial charge is 0.486 e. The summed E-state index contributed by atoms with van der Waals surface area (Å²) in [7, 11) is 0. The van der Waals surface area contributed by atoms with Crippen molar-refractivity contribution in [2.45, 2.75) is 45.1 Å². The van der Waals surface area contributed by atoms with Crippen LogP contribution in [0.15, 0.2) is 53.7 Å². The number of anilines is 1. The minimum absolute atomic E-state index is 0.122. The zero-order chi connectivity index (χ0) is 22.9. The van der Waals surface area contributed by atoms with Gasteiger partial charge >= 0.3 is 5.97 Å². The molecule has 0 fully saturated rings. The number of H-pyrrole nitrogens is 1. The summed E-state index contributed by atoms with van der Waals surface area (Å²) in [6.07, 6.45) is 0.766. The van der Waals surface area contributed by atoms with Crippen molar-refractivity contribution >= 4 is 29.3 Å². The standard InChI is InChI=1S/C23H26N4O4S/c1-4-16-8-10-19(11-9-16)30-13-20-25-23(27-26-20)32-14-21(28)24-18-7-5-6-17(12-18)22(29)31-15(2)3/h5-12,15H,4,13-14H2,1-3H3,(H,24,28)(H,25,26,27). The Morgan fingerprint density at radius 1 is 1.16 bits per heavy atom. The predicted molar refractivity (Wildman–Crippen MR) is 123 cm³/mol. The van der Waals surface area contributed by atoms with Gasteiger partial charge in [0.25, 0.3) is 0 Å². The third-order valence-corrected chi connectivity index (χ3v) is 5.12. The number of nitrogens with zero attached hydrogens (tertiary/aromatic N) is 2. The molecule has 2 aromatic carbocycles. The van der Waals surface area contributed by atoms with E-state index in [-0.39, 0.29) is 24.4 Å². The molecular formula is C23H26N4O4S. The number of aromatic nitrogens is 3. The van der Waals surface area contributed by atoms with Crippen molar-refractivity contribution in [3.8, 4) is 5.75 Å². The second kappa shape index (κ2) is 11.3. The normalized spacial score (nSPS) is 10.8. The van der Waals surface area contributed by atoms with E-state index in [2.05, 4.69) is 27.4 Å². The Morgan fingerprint density at radius 2 is 1.94 bits per heavy atom. The number of aromatic amines is 1. The molecular weight excluding hydrogens is 428 g/mol. The number of thioether (sulfide) groups is 1. The second-order valence-corrected chi connectivity index (χ2v) is 8.17. The van der Waals surface area contributed by atoms with Crippen molar-refractivity contribution < 1.29 is 19.1 Å². The van der Waals surface area contributed by atoms with E-state index in [1.54, 1.807) is 38.1 Å². The van der Waals surface area contributed by atoms with Gasteiger partial charge in [0, 0.05) is 5.69 Å². The molecule has 8 nitrogen and oxygen atoms in total. The lowest BCUT2D eigenvalue weighted by Gasteiger charge is -2.09. The highest BCUT2D eigenvalue weighted by Crippen LogP contribution is 2.17. The van der Waals surface area contributed by atoms with Crippen LogP contribution in [-0.2, 0) is 22.6 Å². The summed E-state index contributed by atoms with van der Waals surface area (Å²) in [6, 6.07) is 14.5. The van der Waals surface area contributed by atoms with Crippen molar-refractivity contribution in [1.82, 2.24) is 15.2 Å². The molecule has 1 heterocycles. The third kappa shape index (κ3) is 7.12. The molecule has 2 N–H and O–H groups in total. The SMILES string of the molecule is CCc1ccc(OCc2nc(SCC(=O)Nc3cccc(C(=O)OC(C)C)c3)n[nH]2)cc1. The summed E-state index contributed by atoms with van der Waals surface area (Å²) >= 11 is 1.20. The highest BCUT2D eigenvalue weighted by molar-refractivity contribution is 7.99. The first kappa shape index (κ1) is 23.3. The highest BCUT2D eigenvalue weighted by atomic mass is 32.2. The van der Waals surface area contributed by atoms with Gasteiger partial charge in [0.1, 0.15) is 12.4 Å². The van der Waals surface area contributed by atoms with Crippen LogP contribution in [0.2, 0.25) is 0 Å². The maximum absolute atomic E-state index is 12.3. The van der Waals surface area contributed by atoms with E-state index in [9.17, 15) is 9.59 Å². The molecule has 3 aromatic rings. The molecule has 1 aromatic heterocycles. The molecule has 0 atom stereocenters. The fraction of sp³-hybridized carbons (Fsp3) is 0.304. The maximum Gasteiger partial charge on any atom is 0.338 e. The molecule has 0 radical (unpaired) electrons. The van der Waals surface area contributed by atoms with Crippen LogP contribution in [0, 0.1) is 0 Å². The Morgan fingerprint density at radius 3 is 2.66 bits per heavy atom. The number of aryl methyl sites for hydroxylation is 1. The Balaban J connectivity index is 1.46. The van der Waals surface area contributed by atoms with Crippen LogP contribution >= 0.6 is 11.8 Å². The molecule has 0 spiro atoms. The fourth-order valence-electron chi connectivity index (χ4n) is 2.71. The first-order chi connectivity index (χ1) is 15.4. The number of rotatable bonds is 10. The third-order valence-electron chi connectivity index (χ3n) is 4.28. The molecule has 0 saturated carbocycles. The number of amides is 1. The van der Waals surface area contributed by atoms with E-state index in [0.717, 1.165) is 12.2 Å². The Kier molecular flexibility index (Phi) is 8.27. The predicted octanol–water partition coefficient (Wildman–Crippen LogP) is 4.24. The number of nitrogens with one attached hydrogen (secondary N) is 2. The molecule has 0 aliphatic carbocycles. The van der Waals surface area contributed by atoms with Gasteiger partial charge in [-0.3, -0.25) is 9.89 Å². The topological polar surface area (TPSA) is 106 Å². The van der Waals surface area contributed by atoms with Crippen molar-refractivity contribution in [3.05, 3.63) is 65.5 Å². The molecule has 0 saturated heterocycles. The van der Waals surface area contributed by atoms with Crippen LogP contribution in [-0.4, -0.2) is 38.9 Å². The average Bonchev–Trinajstić information content (AvgIpc) is 3.24. The van der Waals surface area contributed by atoms with Crippen molar-refractivity contribution in [2.75, 3.05) is 11.1 Å². The first-order valence-corrected chi connectivity index (χ1v) is 11.3. The lowest BCUT2D eigenvalue weighted by molar-refractivity contribution is -0.113. The zero-order valence-corrected chi connectivity index (χ0v) is 19.1. The van der Waals surface area contributed by atoms with Gasteiger partial charge in [0.2, 0.25) is 11.1 Å². The molecule has 0 unspecified atom stereocenters. The lowest BCUT2D eigenvalue weighted by Crippen LogP contribution is -2.15. The summed E-state index contributed by atoms with van der Waals surface area (Å²) in [5, 5.41) is 10.1. The summed E-state index contributed by atoms with van der Waals surface area (Å²) in [5.41, 5.74) is 2.15. The van der Waals surface area contributed by atoms with Gasteiger partial charge in [0.05, 0.1) is 17.4 Å². The van der Waals surface area contributed by atoms with Gasteiger partial charge in [-0.15, -0.1) is 5.10 Å². The molecule has 3 rings (SSSR count). The number of carbonyl (C=O) groups excluding carboxylic acids is 2. The number of hydrogen-bond acceptors (Lipinski definition) is 7. The lowest BCUT2D eigenvalue weighted by atomic mass is 10.2. The molecule has 0 bridgehead atoms. The van der Waals surface area contributed by atoms with Crippen LogP contribution in [0.5, 0.6) is 5.75 Å². The van der Waals surface area contributed by atoms with Gasteiger partial charge in [-0.05, 0) is 56.2 Å². The van der Waals surface area contributed by atoms with E-state index in [1.807, 2.05) is 24.3 Å². The van der Waals surface area contributed by atoms with Crippen molar-refractivity contribution in [1.29, 1.82) is 0 Å². The van der Waals surface area contributed by atoms with Gasteiger partial charge in [0.15, 0.2) is 5.82 Å². The van der Waals surface area contributed by atoms with Gasteiger partial charge in [-0.2, -0.15) is 0 Å². The summed E-state index contributed by atoms with van der Waals surface area (Å²) < 4.78 is 10.9. The van der Waals surface area contributed by atoms with Crippen LogP contribution < -0.4 is 10.1 Å². The molecule has 0 aliphatic heterocycles. The minimum Gasteiger partial charge on any atom is -0.486 e. The molecule has 9 heteroatoms. The van der Waals surface area contributed by atoms with Crippen molar-refractivity contribution in [3.63, 3.8) is 0 Å². The maximum atomic E-state index is 12.3. The summed E-state index contributed by atoms with van der Waals surface area (Å²) in [6.45, 7) is 5.92. The summed E-state index contributed by atoms with van der Waals surface area (Å²) in [5.74, 6) is 0.790. The minimum atomic E-state index is -0.428. The number of ether oxygens (including phenoxy) is 2. The van der Waals surface area contributed by atoms with E-state index in [1.165, 1.54) is 17.3 Å². The number of hydrogen-bond donors (Lipinski definition) is 2. The number of benzene rings is 2. The fourth-order valence-corrected chi connectivity index (χ4v) is 3.33. The molecule has 32 heavy (non-hydrogen) atoms. The number of carbonyl (C=O) groups is 2. The first-order valence-electron chi connectivity index (χ1n) is 10.3. The molecule has 168 valence electrons. The van der Waals surface area contributed by atoms with Crippen LogP contribution in [0.4, 0.5) is 5.69 Å². The quantitative estimate of drug-likeness (QED) is 0.348. The second-order valence-electron chi connectivity index (χ2n) is 7.22. The Labute approximate surface area is 191 Å². The number of esters is 1. The van der Waals surface area contributed by atoms with Crippen LogP contribution in [0.1, 0.15) is 42.5 Å². The molecule has 0 aliphatic rings. The smallest absolute Gasteiger partial charge is 0.338 e. The Hall–Kier alpha value is -3.33. The van der Waals surface area contributed by atoms with Gasteiger partial charge < -0.3 is 14.8 Å². The summed E-state index contributed by atoms with van der Waals surface area (Å²) in [4.78, 5) is 28.6. The van der Waals surface area contributed by atoms with Crippen LogP contribution in [0.3, 0.4) is 0 Å². The van der Waals surface area contributed by atoms with E-state index in [0.29, 0.717) is 22.2 Å². The monoisotopic (exact) mass is 454 g/mol. The average molecular weight is 455 g/mol. The van der Waals surface area contributed by atoms with Crippen LogP contribution in [0.25, 0.3) is 0 Å². The van der Waals surface area contributed by atoms with E-state index in [4.69, 9.17) is 9.47 Å². The van der Waals surface area contributed by atoms with Gasteiger partial charge in [-0.25, -0.2) is 9.78 Å².